The van der Waals surface area contributed by atoms with Crippen LogP contribution in [0.4, 0.5) is 5.82 Å². The molecule has 28 heavy (non-hydrogen) atoms. The minimum absolute atomic E-state index is 0.0166. The van der Waals surface area contributed by atoms with Gasteiger partial charge in [-0.25, -0.2) is 4.98 Å². The third-order valence-corrected chi connectivity index (χ3v) is 5.81. The number of amides is 1. The molecule has 2 atom stereocenters. The number of hydrogen-bond acceptors (Lipinski definition) is 3. The first-order chi connectivity index (χ1) is 13.6. The van der Waals surface area contributed by atoms with Crippen molar-refractivity contribution in [2.45, 2.75) is 38.1 Å². The maximum Gasteiger partial charge on any atom is 0.229 e. The molecule has 2 heterocycles. The topological polar surface area (TPSA) is 59.8 Å². The summed E-state index contributed by atoms with van der Waals surface area (Å²) in [7, 11) is 0. The predicted octanol–water partition coefficient (Wildman–Crippen LogP) is 4.48. The van der Waals surface area contributed by atoms with E-state index in [0.29, 0.717) is 10.8 Å². The molecule has 1 aliphatic carbocycles. The average molecular weight is 395 g/mol. The highest BCUT2D eigenvalue weighted by molar-refractivity contribution is 6.30. The summed E-state index contributed by atoms with van der Waals surface area (Å²) in [6.07, 6.45) is 8.22. The second kappa shape index (κ2) is 7.76. The van der Waals surface area contributed by atoms with Gasteiger partial charge in [0.2, 0.25) is 5.91 Å². The first kappa shape index (κ1) is 18.7. The van der Waals surface area contributed by atoms with E-state index in [-0.39, 0.29) is 17.2 Å². The molecule has 2 aromatic heterocycles. The van der Waals surface area contributed by atoms with E-state index in [9.17, 15) is 4.79 Å². The monoisotopic (exact) mass is 394 g/mol. The number of aromatic nitrogens is 3. The number of anilines is 1. The highest BCUT2D eigenvalue weighted by Gasteiger charge is 2.58. The molecule has 6 heteroatoms. The number of rotatable bonds is 7. The van der Waals surface area contributed by atoms with Gasteiger partial charge in [-0.1, -0.05) is 41.9 Å². The number of aryl methyl sites for hydroxylation is 2. The van der Waals surface area contributed by atoms with Crippen molar-refractivity contribution < 1.29 is 4.79 Å². The molecule has 4 rings (SSSR count). The van der Waals surface area contributed by atoms with E-state index in [1.165, 1.54) is 11.1 Å². The summed E-state index contributed by atoms with van der Waals surface area (Å²) in [6.45, 7) is 2.94. The highest BCUT2D eigenvalue weighted by atomic mass is 35.5. The van der Waals surface area contributed by atoms with Crippen LogP contribution >= 0.6 is 11.6 Å². The Morgan fingerprint density at radius 3 is 2.75 bits per heavy atom. The first-order valence-corrected chi connectivity index (χ1v) is 9.98. The lowest BCUT2D eigenvalue weighted by Crippen LogP contribution is -2.22. The maximum atomic E-state index is 12.9. The van der Waals surface area contributed by atoms with Crippen LogP contribution < -0.4 is 5.32 Å². The zero-order chi connectivity index (χ0) is 19.6. The summed E-state index contributed by atoms with van der Waals surface area (Å²) in [5.74, 6) is 0.490. The van der Waals surface area contributed by atoms with E-state index in [4.69, 9.17) is 11.6 Å². The minimum Gasteiger partial charge on any atom is -0.310 e. The number of carbonyl (C=O) groups is 1. The van der Waals surface area contributed by atoms with Gasteiger partial charge in [0.15, 0.2) is 0 Å². The average Bonchev–Trinajstić information content (AvgIpc) is 3.29. The summed E-state index contributed by atoms with van der Waals surface area (Å²) in [4.78, 5) is 17.1. The van der Waals surface area contributed by atoms with E-state index in [0.717, 1.165) is 25.8 Å². The normalized spacial score (nSPS) is 20.7. The van der Waals surface area contributed by atoms with Crippen molar-refractivity contribution in [3.63, 3.8) is 0 Å². The molecule has 1 saturated carbocycles. The molecule has 0 spiro atoms. The van der Waals surface area contributed by atoms with E-state index >= 15 is 0 Å². The molecule has 1 aliphatic rings. The molecular formula is C22H23ClN4O. The molecule has 3 aromatic rings. The fourth-order valence-corrected chi connectivity index (χ4v) is 4.01. The summed E-state index contributed by atoms with van der Waals surface area (Å²) < 4.78 is 1.94. The summed E-state index contributed by atoms with van der Waals surface area (Å²) in [6, 6.07) is 13.8. The van der Waals surface area contributed by atoms with Crippen LogP contribution in [0.25, 0.3) is 0 Å². The van der Waals surface area contributed by atoms with Gasteiger partial charge in [-0.15, -0.1) is 0 Å². The number of nitrogens with zero attached hydrogens (tertiary/aromatic N) is 3. The van der Waals surface area contributed by atoms with Crippen LogP contribution in [-0.2, 0) is 23.2 Å². The summed E-state index contributed by atoms with van der Waals surface area (Å²) >= 11 is 5.88. The number of pyridine rings is 1. The van der Waals surface area contributed by atoms with Crippen molar-refractivity contribution in [1.29, 1.82) is 0 Å². The van der Waals surface area contributed by atoms with E-state index in [1.54, 1.807) is 18.3 Å². The van der Waals surface area contributed by atoms with Crippen molar-refractivity contribution in [2.24, 2.45) is 5.92 Å². The molecule has 0 aliphatic heterocycles. The van der Waals surface area contributed by atoms with Gasteiger partial charge in [-0.05, 0) is 49.4 Å². The van der Waals surface area contributed by atoms with Gasteiger partial charge in [0.05, 0.1) is 11.2 Å². The molecule has 0 bridgehead atoms. The van der Waals surface area contributed by atoms with Crippen LogP contribution in [-0.4, -0.2) is 20.7 Å². The zero-order valence-corrected chi connectivity index (χ0v) is 16.6. The Balaban J connectivity index is 1.50. The first-order valence-electron chi connectivity index (χ1n) is 9.60. The Kier molecular flexibility index (Phi) is 5.18. The predicted molar refractivity (Wildman–Crippen MR) is 110 cm³/mol. The third-order valence-electron chi connectivity index (χ3n) is 5.59. The van der Waals surface area contributed by atoms with Gasteiger partial charge < -0.3 is 5.32 Å². The van der Waals surface area contributed by atoms with Crippen LogP contribution in [0.1, 0.15) is 30.9 Å². The lowest BCUT2D eigenvalue weighted by Gasteiger charge is -2.18. The molecule has 1 aromatic carbocycles. The quantitative estimate of drug-likeness (QED) is 0.642. The van der Waals surface area contributed by atoms with Crippen LogP contribution in [0.15, 0.2) is 61.1 Å². The highest BCUT2D eigenvalue weighted by Crippen LogP contribution is 2.57. The molecule has 0 saturated heterocycles. The number of carbonyl (C=O) groups excluding carboxylic acids is 1. The van der Waals surface area contributed by atoms with Crippen LogP contribution in [0.3, 0.4) is 0 Å². The van der Waals surface area contributed by atoms with Crippen molar-refractivity contribution in [3.05, 3.63) is 77.2 Å². The minimum atomic E-state index is -0.133. The Hall–Kier alpha value is -2.66. The van der Waals surface area contributed by atoms with Crippen molar-refractivity contribution in [3.8, 4) is 0 Å². The van der Waals surface area contributed by atoms with Crippen molar-refractivity contribution in [2.75, 3.05) is 5.32 Å². The SMILES string of the molecule is CCn1cc(CCC2(c3ccccc3)CC2C(=O)Nc2ccc(Cl)cn2)cn1. The van der Waals surface area contributed by atoms with Crippen LogP contribution in [0.2, 0.25) is 5.02 Å². The van der Waals surface area contributed by atoms with E-state index < -0.39 is 0 Å². The lowest BCUT2D eigenvalue weighted by atomic mass is 9.87. The molecule has 1 amide bonds. The molecular weight excluding hydrogens is 372 g/mol. The van der Waals surface area contributed by atoms with Crippen molar-refractivity contribution >= 4 is 23.3 Å². The smallest absolute Gasteiger partial charge is 0.229 e. The Labute approximate surface area is 169 Å². The van der Waals surface area contributed by atoms with Gasteiger partial charge in [0, 0.05) is 30.3 Å². The summed E-state index contributed by atoms with van der Waals surface area (Å²) in [5.41, 5.74) is 2.30. The maximum absolute atomic E-state index is 12.9. The van der Waals surface area contributed by atoms with E-state index in [2.05, 4.69) is 40.7 Å². The third kappa shape index (κ3) is 3.80. The zero-order valence-electron chi connectivity index (χ0n) is 15.8. The van der Waals surface area contributed by atoms with Crippen LogP contribution in [0, 0.1) is 5.92 Å². The van der Waals surface area contributed by atoms with Crippen LogP contribution in [0.5, 0.6) is 0 Å². The van der Waals surface area contributed by atoms with Gasteiger partial charge in [0.1, 0.15) is 5.82 Å². The van der Waals surface area contributed by atoms with Gasteiger partial charge in [-0.3, -0.25) is 9.48 Å². The Morgan fingerprint density at radius 2 is 2.07 bits per heavy atom. The lowest BCUT2D eigenvalue weighted by molar-refractivity contribution is -0.117. The number of hydrogen-bond donors (Lipinski definition) is 1. The second-order valence-corrected chi connectivity index (χ2v) is 7.77. The Morgan fingerprint density at radius 1 is 1.25 bits per heavy atom. The molecule has 1 N–H and O–H groups in total. The molecule has 144 valence electrons. The molecule has 0 radical (unpaired) electrons. The fourth-order valence-electron chi connectivity index (χ4n) is 3.90. The van der Waals surface area contributed by atoms with E-state index in [1.807, 2.05) is 29.1 Å². The largest absolute Gasteiger partial charge is 0.310 e. The Bertz CT molecular complexity index is 954. The molecule has 2 unspecified atom stereocenters. The van der Waals surface area contributed by atoms with Gasteiger partial charge in [-0.2, -0.15) is 5.10 Å². The van der Waals surface area contributed by atoms with Gasteiger partial charge in [0.25, 0.3) is 0 Å². The molecule has 5 nitrogen and oxygen atoms in total. The van der Waals surface area contributed by atoms with Crippen molar-refractivity contribution in [1.82, 2.24) is 14.8 Å². The second-order valence-electron chi connectivity index (χ2n) is 7.33. The van der Waals surface area contributed by atoms with Gasteiger partial charge >= 0.3 is 0 Å². The summed E-state index contributed by atoms with van der Waals surface area (Å²) in [5, 5.41) is 7.86. The fraction of sp³-hybridized carbons (Fsp3) is 0.318. The standard InChI is InChI=1S/C22H23ClN4O/c1-2-27-15-16(13-25-27)10-11-22(17-6-4-3-5-7-17)12-19(22)21(28)26-20-9-8-18(23)14-24-20/h3-9,13-15,19H,2,10-12H2,1H3,(H,24,26,28). The number of halogens is 1. The molecule has 1 fully saturated rings. The number of benzene rings is 1. The number of nitrogens with one attached hydrogen (secondary N) is 1.